The number of benzene rings is 2. The Balaban J connectivity index is 2.04. The van der Waals surface area contributed by atoms with Crippen molar-refractivity contribution in [3.63, 3.8) is 0 Å². The van der Waals surface area contributed by atoms with Gasteiger partial charge in [-0.2, -0.15) is 10.4 Å². The predicted octanol–water partition coefficient (Wildman–Crippen LogP) is 2.94. The van der Waals surface area contributed by atoms with Crippen LogP contribution in [0.25, 0.3) is 27.6 Å². The van der Waals surface area contributed by atoms with E-state index < -0.39 is 0 Å². The number of aromatic nitrogens is 2. The van der Waals surface area contributed by atoms with Gasteiger partial charge in [0.1, 0.15) is 6.07 Å². The molecule has 0 saturated heterocycles. The summed E-state index contributed by atoms with van der Waals surface area (Å²) in [4.78, 5) is 11.5. The number of rotatable bonds is 1. The van der Waals surface area contributed by atoms with Crippen LogP contribution in [0.1, 0.15) is 5.56 Å². The van der Waals surface area contributed by atoms with Crippen LogP contribution in [0, 0.1) is 11.3 Å². The molecule has 0 fully saturated rings. The van der Waals surface area contributed by atoms with Gasteiger partial charge in [-0.1, -0.05) is 18.2 Å². The first-order valence-electron chi connectivity index (χ1n) is 6.40. The standard InChI is InChI=1S/C16H9N3O2/c17-8-10-9-19(14-4-2-1-3-12(10)14)11-5-6-13-15(7-11)21-18-16(13)20/h1-7,9H,(H,18,20). The zero-order valence-corrected chi connectivity index (χ0v) is 10.8. The van der Waals surface area contributed by atoms with Gasteiger partial charge in [0.25, 0.3) is 5.56 Å². The molecule has 0 spiro atoms. The van der Waals surface area contributed by atoms with Crippen LogP contribution in [0.4, 0.5) is 0 Å². The number of fused-ring (bicyclic) bond motifs is 2. The van der Waals surface area contributed by atoms with E-state index in [4.69, 9.17) is 4.52 Å². The summed E-state index contributed by atoms with van der Waals surface area (Å²) in [7, 11) is 0. The van der Waals surface area contributed by atoms with Gasteiger partial charge in [0.15, 0.2) is 5.58 Å². The summed E-state index contributed by atoms with van der Waals surface area (Å²) in [5, 5.41) is 13.0. The third kappa shape index (κ3) is 1.60. The average molecular weight is 275 g/mol. The predicted molar refractivity (Wildman–Crippen MR) is 78.4 cm³/mol. The number of nitrogens with zero attached hydrogens (tertiary/aromatic N) is 2. The second-order valence-corrected chi connectivity index (χ2v) is 4.76. The van der Waals surface area contributed by atoms with Gasteiger partial charge >= 0.3 is 0 Å². The molecule has 0 aliphatic heterocycles. The lowest BCUT2D eigenvalue weighted by molar-refractivity contribution is 0.449. The minimum Gasteiger partial charge on any atom is -0.378 e. The van der Waals surface area contributed by atoms with Crippen molar-refractivity contribution in [2.45, 2.75) is 0 Å². The van der Waals surface area contributed by atoms with Crippen LogP contribution in [0.5, 0.6) is 0 Å². The summed E-state index contributed by atoms with van der Waals surface area (Å²) >= 11 is 0. The Morgan fingerprint density at radius 1 is 1.14 bits per heavy atom. The number of nitrogens with one attached hydrogen (secondary N) is 1. The molecular weight excluding hydrogens is 266 g/mol. The largest absolute Gasteiger partial charge is 0.378 e. The van der Waals surface area contributed by atoms with Gasteiger partial charge in [0.2, 0.25) is 0 Å². The number of H-pyrrole nitrogens is 1. The van der Waals surface area contributed by atoms with Crippen molar-refractivity contribution < 1.29 is 4.52 Å². The topological polar surface area (TPSA) is 74.7 Å². The van der Waals surface area contributed by atoms with Gasteiger partial charge in [-0.25, -0.2) is 0 Å². The molecule has 0 aliphatic rings. The monoisotopic (exact) mass is 275 g/mol. The quantitative estimate of drug-likeness (QED) is 0.580. The van der Waals surface area contributed by atoms with E-state index in [9.17, 15) is 10.1 Å². The normalized spacial score (nSPS) is 11.0. The van der Waals surface area contributed by atoms with Crippen molar-refractivity contribution in [3.8, 4) is 11.8 Å². The molecule has 0 radical (unpaired) electrons. The number of hydrogen-bond acceptors (Lipinski definition) is 3. The molecule has 0 amide bonds. The molecule has 100 valence electrons. The van der Waals surface area contributed by atoms with Crippen LogP contribution in [0.15, 0.2) is 58.0 Å². The number of nitriles is 1. The minimum absolute atomic E-state index is 0.244. The SMILES string of the molecule is N#Cc1cn(-c2ccc3c(=O)[nH]oc3c2)c2ccccc12. The molecule has 5 nitrogen and oxygen atoms in total. The van der Waals surface area contributed by atoms with Gasteiger partial charge in [0, 0.05) is 23.3 Å². The molecule has 21 heavy (non-hydrogen) atoms. The summed E-state index contributed by atoms with van der Waals surface area (Å²) in [5.41, 5.74) is 2.64. The summed E-state index contributed by atoms with van der Waals surface area (Å²) in [6.07, 6.45) is 1.79. The Morgan fingerprint density at radius 2 is 2.00 bits per heavy atom. The smallest absolute Gasteiger partial charge is 0.287 e. The highest BCUT2D eigenvalue weighted by atomic mass is 16.5. The molecule has 2 aromatic heterocycles. The fourth-order valence-corrected chi connectivity index (χ4v) is 2.57. The van der Waals surface area contributed by atoms with E-state index in [-0.39, 0.29) is 5.56 Å². The molecule has 0 saturated carbocycles. The maximum absolute atomic E-state index is 11.5. The van der Waals surface area contributed by atoms with Crippen molar-refractivity contribution in [2.24, 2.45) is 0 Å². The van der Waals surface area contributed by atoms with Crippen LogP contribution in [-0.4, -0.2) is 9.72 Å². The Labute approximate surface area is 118 Å². The maximum atomic E-state index is 11.5. The van der Waals surface area contributed by atoms with E-state index >= 15 is 0 Å². The summed E-state index contributed by atoms with van der Waals surface area (Å²) in [5.74, 6) is 0. The highest BCUT2D eigenvalue weighted by Gasteiger charge is 2.11. The molecule has 1 N–H and O–H groups in total. The Kier molecular flexibility index (Phi) is 2.27. The minimum atomic E-state index is -0.244. The first-order chi connectivity index (χ1) is 10.3. The van der Waals surface area contributed by atoms with Gasteiger partial charge < -0.3 is 9.09 Å². The molecule has 2 aromatic carbocycles. The Morgan fingerprint density at radius 3 is 2.86 bits per heavy atom. The van der Waals surface area contributed by atoms with Gasteiger partial charge in [-0.3, -0.25) is 4.79 Å². The fraction of sp³-hybridized carbons (Fsp3) is 0. The molecule has 4 aromatic rings. The number of para-hydroxylation sites is 1. The summed E-state index contributed by atoms with van der Waals surface area (Å²) < 4.78 is 7.06. The lowest BCUT2D eigenvalue weighted by Crippen LogP contribution is -1.97. The molecule has 0 aliphatic carbocycles. The zero-order valence-electron chi connectivity index (χ0n) is 10.8. The molecule has 0 atom stereocenters. The maximum Gasteiger partial charge on any atom is 0.287 e. The Hall–Kier alpha value is -3.26. The first-order valence-corrected chi connectivity index (χ1v) is 6.40. The van der Waals surface area contributed by atoms with Crippen molar-refractivity contribution >= 4 is 21.9 Å². The molecule has 4 rings (SSSR count). The zero-order chi connectivity index (χ0) is 14.4. The highest BCUT2D eigenvalue weighted by Crippen LogP contribution is 2.25. The highest BCUT2D eigenvalue weighted by molar-refractivity contribution is 5.88. The molecule has 2 heterocycles. The van der Waals surface area contributed by atoms with E-state index in [0.29, 0.717) is 16.5 Å². The van der Waals surface area contributed by atoms with E-state index in [1.54, 1.807) is 18.3 Å². The van der Waals surface area contributed by atoms with Crippen molar-refractivity contribution in [2.75, 3.05) is 0 Å². The fourth-order valence-electron chi connectivity index (χ4n) is 2.57. The molecule has 0 bridgehead atoms. The van der Waals surface area contributed by atoms with Gasteiger partial charge in [-0.15, -0.1) is 0 Å². The lowest BCUT2D eigenvalue weighted by Gasteiger charge is -2.04. The van der Waals surface area contributed by atoms with Crippen LogP contribution in [0.2, 0.25) is 0 Å². The van der Waals surface area contributed by atoms with Crippen molar-refractivity contribution in [1.29, 1.82) is 5.26 Å². The first kappa shape index (κ1) is 11.6. The van der Waals surface area contributed by atoms with Crippen LogP contribution in [-0.2, 0) is 0 Å². The molecular formula is C16H9N3O2. The third-order valence-corrected chi connectivity index (χ3v) is 3.57. The van der Waals surface area contributed by atoms with Gasteiger partial charge in [-0.05, 0) is 18.2 Å². The van der Waals surface area contributed by atoms with Crippen LogP contribution in [0.3, 0.4) is 0 Å². The molecule has 5 heteroatoms. The third-order valence-electron chi connectivity index (χ3n) is 3.57. The van der Waals surface area contributed by atoms with Crippen LogP contribution < -0.4 is 5.56 Å². The van der Waals surface area contributed by atoms with Gasteiger partial charge in [0.05, 0.1) is 16.5 Å². The number of hydrogen-bond donors (Lipinski definition) is 1. The lowest BCUT2D eigenvalue weighted by atomic mass is 10.2. The average Bonchev–Trinajstić information content (AvgIpc) is 3.08. The summed E-state index contributed by atoms with van der Waals surface area (Å²) in [6, 6.07) is 15.2. The van der Waals surface area contributed by atoms with E-state index in [2.05, 4.69) is 11.2 Å². The molecule has 0 unspecified atom stereocenters. The van der Waals surface area contributed by atoms with Crippen molar-refractivity contribution in [3.05, 3.63) is 64.6 Å². The van der Waals surface area contributed by atoms with E-state index in [0.717, 1.165) is 16.6 Å². The van der Waals surface area contributed by atoms with Crippen molar-refractivity contribution in [1.82, 2.24) is 9.72 Å². The van der Waals surface area contributed by atoms with Crippen LogP contribution >= 0.6 is 0 Å². The van der Waals surface area contributed by atoms with E-state index in [1.165, 1.54) is 0 Å². The Bertz CT molecular complexity index is 1080. The van der Waals surface area contributed by atoms with E-state index in [1.807, 2.05) is 34.9 Å². The summed E-state index contributed by atoms with van der Waals surface area (Å²) in [6.45, 7) is 0. The second kappa shape index (κ2) is 4.12. The number of aromatic amines is 1. The second-order valence-electron chi connectivity index (χ2n) is 4.76.